The standard InChI is InChI=1S/C28H27N3O3/c1-2-34-28(33)21-11-14-23-24(17-21)30-27(32)25(23)26(20-7-4-3-5-8-20)29-22-12-9-19(10-13-22)18-31-15-6-16-31/h3-5,7-14,17,29H,2,6,15-16,18H2,1H3,(H,30,32). The number of anilines is 2. The van der Waals surface area contributed by atoms with Crippen LogP contribution in [0.3, 0.4) is 0 Å². The summed E-state index contributed by atoms with van der Waals surface area (Å²) in [6.45, 7) is 5.36. The molecular formula is C28H27N3O3. The van der Waals surface area contributed by atoms with Gasteiger partial charge in [0, 0.05) is 17.8 Å². The van der Waals surface area contributed by atoms with Crippen molar-refractivity contribution >= 4 is 34.5 Å². The van der Waals surface area contributed by atoms with Gasteiger partial charge in [0.25, 0.3) is 5.91 Å². The fourth-order valence-electron chi connectivity index (χ4n) is 4.28. The van der Waals surface area contributed by atoms with Crippen LogP contribution in [0.5, 0.6) is 0 Å². The smallest absolute Gasteiger partial charge is 0.338 e. The Morgan fingerprint density at radius 1 is 1.00 bits per heavy atom. The highest BCUT2D eigenvalue weighted by Crippen LogP contribution is 2.38. The normalized spacial score (nSPS) is 16.3. The Bertz CT molecular complexity index is 1250. The largest absolute Gasteiger partial charge is 0.462 e. The van der Waals surface area contributed by atoms with Crippen molar-refractivity contribution in [3.8, 4) is 0 Å². The summed E-state index contributed by atoms with van der Waals surface area (Å²) < 4.78 is 5.10. The zero-order valence-corrected chi connectivity index (χ0v) is 19.1. The van der Waals surface area contributed by atoms with Gasteiger partial charge in [-0.3, -0.25) is 9.69 Å². The number of hydrogen-bond donors (Lipinski definition) is 2. The molecule has 0 atom stereocenters. The Morgan fingerprint density at radius 3 is 2.44 bits per heavy atom. The van der Waals surface area contributed by atoms with Crippen LogP contribution in [-0.4, -0.2) is 36.5 Å². The molecule has 6 nitrogen and oxygen atoms in total. The minimum Gasteiger partial charge on any atom is -0.462 e. The molecule has 0 spiro atoms. The zero-order chi connectivity index (χ0) is 23.5. The van der Waals surface area contributed by atoms with Gasteiger partial charge in [0.05, 0.1) is 29.1 Å². The third-order valence-electron chi connectivity index (χ3n) is 6.17. The molecule has 0 unspecified atom stereocenters. The Morgan fingerprint density at radius 2 is 1.76 bits per heavy atom. The van der Waals surface area contributed by atoms with Crippen molar-refractivity contribution in [3.05, 3.63) is 95.1 Å². The summed E-state index contributed by atoms with van der Waals surface area (Å²) in [5.74, 6) is -0.617. The van der Waals surface area contributed by atoms with Crippen LogP contribution in [0, 0.1) is 0 Å². The van der Waals surface area contributed by atoms with Gasteiger partial charge in [-0.25, -0.2) is 4.79 Å². The van der Waals surface area contributed by atoms with Crippen LogP contribution in [0.4, 0.5) is 11.4 Å². The van der Waals surface area contributed by atoms with Crippen molar-refractivity contribution in [1.82, 2.24) is 4.90 Å². The quantitative estimate of drug-likeness (QED) is 0.389. The van der Waals surface area contributed by atoms with Crippen LogP contribution in [0.2, 0.25) is 0 Å². The van der Waals surface area contributed by atoms with E-state index < -0.39 is 5.97 Å². The molecule has 3 aromatic rings. The minimum atomic E-state index is -0.406. The summed E-state index contributed by atoms with van der Waals surface area (Å²) in [4.78, 5) is 27.7. The molecule has 5 rings (SSSR count). The predicted octanol–water partition coefficient (Wildman–Crippen LogP) is 5.00. The van der Waals surface area contributed by atoms with Gasteiger partial charge in [-0.05, 0) is 61.8 Å². The second-order valence-corrected chi connectivity index (χ2v) is 8.50. The summed E-state index contributed by atoms with van der Waals surface area (Å²) >= 11 is 0. The predicted molar refractivity (Wildman–Crippen MR) is 134 cm³/mol. The van der Waals surface area contributed by atoms with E-state index in [1.807, 2.05) is 30.3 Å². The Kier molecular flexibility index (Phi) is 6.14. The lowest BCUT2D eigenvalue weighted by Gasteiger charge is -2.30. The summed E-state index contributed by atoms with van der Waals surface area (Å²) in [6, 6.07) is 23.3. The number of nitrogens with one attached hydrogen (secondary N) is 2. The molecule has 2 heterocycles. The first-order chi connectivity index (χ1) is 16.6. The van der Waals surface area contributed by atoms with Crippen LogP contribution < -0.4 is 10.6 Å². The minimum absolute atomic E-state index is 0.211. The van der Waals surface area contributed by atoms with Crippen molar-refractivity contribution in [3.63, 3.8) is 0 Å². The lowest BCUT2D eigenvalue weighted by molar-refractivity contribution is -0.110. The molecule has 0 aromatic heterocycles. The van der Waals surface area contributed by atoms with E-state index in [4.69, 9.17) is 4.74 Å². The van der Waals surface area contributed by atoms with E-state index >= 15 is 0 Å². The van der Waals surface area contributed by atoms with E-state index in [1.165, 1.54) is 12.0 Å². The summed E-state index contributed by atoms with van der Waals surface area (Å²) in [5.41, 5.74) is 6.11. The number of fused-ring (bicyclic) bond motifs is 1. The van der Waals surface area contributed by atoms with Crippen LogP contribution in [0.15, 0.2) is 72.8 Å². The molecule has 6 heteroatoms. The van der Waals surface area contributed by atoms with Crippen LogP contribution >= 0.6 is 0 Å². The maximum Gasteiger partial charge on any atom is 0.338 e. The average molecular weight is 454 g/mol. The average Bonchev–Trinajstić information content (AvgIpc) is 3.16. The van der Waals surface area contributed by atoms with E-state index in [2.05, 4.69) is 39.8 Å². The number of esters is 1. The molecule has 0 bridgehead atoms. The highest BCUT2D eigenvalue weighted by molar-refractivity contribution is 6.37. The van der Waals surface area contributed by atoms with Crippen LogP contribution in [0.25, 0.3) is 11.3 Å². The molecule has 1 saturated heterocycles. The Labute approximate surface area is 199 Å². The van der Waals surface area contributed by atoms with Gasteiger partial charge >= 0.3 is 5.97 Å². The molecule has 2 N–H and O–H groups in total. The van der Waals surface area contributed by atoms with Gasteiger partial charge in [0.1, 0.15) is 0 Å². The van der Waals surface area contributed by atoms with Gasteiger partial charge in [-0.15, -0.1) is 0 Å². The second-order valence-electron chi connectivity index (χ2n) is 8.50. The van der Waals surface area contributed by atoms with E-state index in [1.54, 1.807) is 25.1 Å². The SMILES string of the molecule is CCOC(=O)c1ccc2c(c1)NC(=O)C2=C(Nc1ccc(CN2CCC2)cc1)c1ccccc1. The van der Waals surface area contributed by atoms with Gasteiger partial charge < -0.3 is 15.4 Å². The Balaban J connectivity index is 1.51. The third kappa shape index (κ3) is 4.45. The lowest BCUT2D eigenvalue weighted by atomic mass is 9.99. The number of benzene rings is 3. The van der Waals surface area contributed by atoms with E-state index in [9.17, 15) is 9.59 Å². The van der Waals surface area contributed by atoms with E-state index in [-0.39, 0.29) is 5.91 Å². The first-order valence-electron chi connectivity index (χ1n) is 11.6. The summed E-state index contributed by atoms with van der Waals surface area (Å²) in [6.07, 6.45) is 1.28. The first kappa shape index (κ1) is 21.9. The number of rotatable bonds is 7. The molecule has 0 aliphatic carbocycles. The maximum absolute atomic E-state index is 13.1. The van der Waals surface area contributed by atoms with Gasteiger partial charge in [-0.1, -0.05) is 48.5 Å². The van der Waals surface area contributed by atoms with Crippen LogP contribution in [-0.2, 0) is 16.1 Å². The lowest BCUT2D eigenvalue weighted by Crippen LogP contribution is -2.36. The summed E-state index contributed by atoms with van der Waals surface area (Å²) in [7, 11) is 0. The second kappa shape index (κ2) is 9.53. The fraction of sp³-hybridized carbons (Fsp3) is 0.214. The number of likely N-dealkylation sites (tertiary alicyclic amines) is 1. The topological polar surface area (TPSA) is 70.7 Å². The number of nitrogens with zero attached hydrogens (tertiary/aromatic N) is 1. The summed E-state index contributed by atoms with van der Waals surface area (Å²) in [5, 5.41) is 6.40. The number of amides is 1. The molecule has 2 aliphatic heterocycles. The van der Waals surface area contributed by atoms with Gasteiger partial charge in [0.2, 0.25) is 0 Å². The number of hydrogen-bond acceptors (Lipinski definition) is 5. The maximum atomic E-state index is 13.1. The molecule has 1 amide bonds. The molecule has 0 radical (unpaired) electrons. The molecule has 34 heavy (non-hydrogen) atoms. The molecular weight excluding hydrogens is 426 g/mol. The first-order valence-corrected chi connectivity index (χ1v) is 11.6. The van der Waals surface area contributed by atoms with Crippen molar-refractivity contribution in [2.75, 3.05) is 30.3 Å². The van der Waals surface area contributed by atoms with Crippen molar-refractivity contribution in [2.45, 2.75) is 19.9 Å². The highest BCUT2D eigenvalue weighted by Gasteiger charge is 2.29. The van der Waals surface area contributed by atoms with Crippen molar-refractivity contribution in [1.29, 1.82) is 0 Å². The van der Waals surface area contributed by atoms with Crippen molar-refractivity contribution < 1.29 is 14.3 Å². The number of carbonyl (C=O) groups is 2. The molecule has 1 fully saturated rings. The van der Waals surface area contributed by atoms with Crippen molar-refractivity contribution in [2.24, 2.45) is 0 Å². The Hall–Kier alpha value is -3.90. The third-order valence-corrected chi connectivity index (χ3v) is 6.17. The molecule has 2 aliphatic rings. The number of carbonyl (C=O) groups excluding carboxylic acids is 2. The van der Waals surface area contributed by atoms with Gasteiger partial charge in [0.15, 0.2) is 0 Å². The molecule has 172 valence electrons. The van der Waals surface area contributed by atoms with E-state index in [0.717, 1.165) is 42.1 Å². The molecule has 0 saturated carbocycles. The van der Waals surface area contributed by atoms with Crippen LogP contribution in [0.1, 0.15) is 40.4 Å². The number of ether oxygens (including phenoxy) is 1. The van der Waals surface area contributed by atoms with E-state index in [0.29, 0.717) is 23.4 Å². The monoisotopic (exact) mass is 453 g/mol. The molecule has 3 aromatic carbocycles. The fourth-order valence-corrected chi connectivity index (χ4v) is 4.28. The van der Waals surface area contributed by atoms with Gasteiger partial charge in [-0.2, -0.15) is 0 Å². The zero-order valence-electron chi connectivity index (χ0n) is 19.1. The highest BCUT2D eigenvalue weighted by atomic mass is 16.5.